The minimum absolute atomic E-state index is 0.0508. The molecule has 0 saturated carbocycles. The maximum Gasteiger partial charge on any atom is 0.254 e. The second-order valence-corrected chi connectivity index (χ2v) is 7.34. The van der Waals surface area contributed by atoms with E-state index in [0.29, 0.717) is 18.0 Å². The number of rotatable bonds is 6. The first kappa shape index (κ1) is 18.1. The predicted molar refractivity (Wildman–Crippen MR) is 104 cm³/mol. The standard InChI is InChI=1S/C21H27N3O3/c25-21(18-12-20(27-16-18)15-23-8-10-26-11-9-23)22-13-17-6-7-24(14-17)19-4-2-1-3-5-19/h1-5,12,16-17H,6-11,13-15H2,(H,22,25)/t17-/m1/s1. The molecule has 1 aromatic carbocycles. The lowest BCUT2D eigenvalue weighted by molar-refractivity contribution is 0.0313. The summed E-state index contributed by atoms with van der Waals surface area (Å²) in [6.07, 6.45) is 2.67. The van der Waals surface area contributed by atoms with E-state index in [4.69, 9.17) is 9.15 Å². The van der Waals surface area contributed by atoms with Crippen molar-refractivity contribution in [3.05, 3.63) is 54.0 Å². The second kappa shape index (κ2) is 8.59. The van der Waals surface area contributed by atoms with Crippen LogP contribution >= 0.6 is 0 Å². The first-order valence-corrected chi connectivity index (χ1v) is 9.73. The number of nitrogens with zero attached hydrogens (tertiary/aromatic N) is 2. The van der Waals surface area contributed by atoms with E-state index in [0.717, 1.165) is 58.1 Å². The lowest BCUT2D eigenvalue weighted by Gasteiger charge is -2.25. The Labute approximate surface area is 160 Å². The van der Waals surface area contributed by atoms with Crippen LogP contribution in [0.1, 0.15) is 22.5 Å². The van der Waals surface area contributed by atoms with Gasteiger partial charge in [-0.3, -0.25) is 9.69 Å². The van der Waals surface area contributed by atoms with Gasteiger partial charge in [-0.05, 0) is 30.5 Å². The largest absolute Gasteiger partial charge is 0.467 e. The topological polar surface area (TPSA) is 58.0 Å². The van der Waals surface area contributed by atoms with Crippen LogP contribution in [0.25, 0.3) is 0 Å². The summed E-state index contributed by atoms with van der Waals surface area (Å²) < 4.78 is 10.9. The minimum atomic E-state index is -0.0508. The summed E-state index contributed by atoms with van der Waals surface area (Å²) in [4.78, 5) is 17.1. The zero-order chi connectivity index (χ0) is 18.5. The maximum atomic E-state index is 12.4. The zero-order valence-electron chi connectivity index (χ0n) is 15.6. The third-order valence-corrected chi connectivity index (χ3v) is 5.36. The Bertz CT molecular complexity index is 740. The van der Waals surface area contributed by atoms with E-state index in [-0.39, 0.29) is 5.91 Å². The molecule has 2 aliphatic rings. The molecule has 4 rings (SSSR count). The minimum Gasteiger partial charge on any atom is -0.467 e. The number of carbonyl (C=O) groups excluding carboxylic acids is 1. The smallest absolute Gasteiger partial charge is 0.254 e. The number of morpholine rings is 1. The number of benzene rings is 1. The molecule has 1 amide bonds. The van der Waals surface area contributed by atoms with Gasteiger partial charge in [-0.1, -0.05) is 18.2 Å². The molecular weight excluding hydrogens is 342 g/mol. The summed E-state index contributed by atoms with van der Waals surface area (Å²) in [6.45, 7) is 6.78. The Hall–Kier alpha value is -2.31. The molecule has 1 aromatic heterocycles. The van der Waals surface area contributed by atoms with E-state index in [9.17, 15) is 4.79 Å². The van der Waals surface area contributed by atoms with E-state index >= 15 is 0 Å². The number of carbonyl (C=O) groups is 1. The Balaban J connectivity index is 1.24. The summed E-state index contributed by atoms with van der Waals surface area (Å²) in [5, 5.41) is 3.07. The van der Waals surface area contributed by atoms with Crippen molar-refractivity contribution in [2.75, 3.05) is 50.8 Å². The van der Waals surface area contributed by atoms with Crippen molar-refractivity contribution >= 4 is 11.6 Å². The molecule has 3 heterocycles. The first-order chi connectivity index (χ1) is 13.3. The average Bonchev–Trinajstić information content (AvgIpc) is 3.37. The zero-order valence-corrected chi connectivity index (χ0v) is 15.6. The number of anilines is 1. The molecule has 1 atom stereocenters. The molecule has 2 saturated heterocycles. The van der Waals surface area contributed by atoms with Crippen LogP contribution in [0.5, 0.6) is 0 Å². The molecule has 0 aliphatic carbocycles. The van der Waals surface area contributed by atoms with Crippen LogP contribution in [-0.2, 0) is 11.3 Å². The molecule has 0 spiro atoms. The van der Waals surface area contributed by atoms with Gasteiger partial charge in [0.25, 0.3) is 5.91 Å². The van der Waals surface area contributed by atoms with Crippen molar-refractivity contribution in [2.24, 2.45) is 5.92 Å². The van der Waals surface area contributed by atoms with Crippen LogP contribution in [0.4, 0.5) is 5.69 Å². The number of hydrogen-bond donors (Lipinski definition) is 1. The summed E-state index contributed by atoms with van der Waals surface area (Å²) in [5.74, 6) is 1.26. The number of ether oxygens (including phenoxy) is 1. The van der Waals surface area contributed by atoms with Gasteiger partial charge in [0.1, 0.15) is 12.0 Å². The molecule has 1 N–H and O–H groups in total. The molecule has 2 aromatic rings. The lowest BCUT2D eigenvalue weighted by atomic mass is 10.1. The van der Waals surface area contributed by atoms with E-state index in [2.05, 4.69) is 39.4 Å². The summed E-state index contributed by atoms with van der Waals surface area (Å²) in [7, 11) is 0. The lowest BCUT2D eigenvalue weighted by Crippen LogP contribution is -2.35. The maximum absolute atomic E-state index is 12.4. The second-order valence-electron chi connectivity index (χ2n) is 7.34. The van der Waals surface area contributed by atoms with Crippen molar-refractivity contribution in [1.82, 2.24) is 10.2 Å². The van der Waals surface area contributed by atoms with Crippen molar-refractivity contribution in [3.8, 4) is 0 Å². The van der Waals surface area contributed by atoms with Crippen LogP contribution in [0.2, 0.25) is 0 Å². The fraction of sp³-hybridized carbons (Fsp3) is 0.476. The summed E-state index contributed by atoms with van der Waals surface area (Å²) >= 11 is 0. The Kier molecular flexibility index (Phi) is 5.75. The number of amides is 1. The van der Waals surface area contributed by atoms with Crippen molar-refractivity contribution < 1.29 is 13.9 Å². The SMILES string of the molecule is O=C(NC[C@H]1CCN(c2ccccc2)C1)c1coc(CN2CCOCC2)c1. The van der Waals surface area contributed by atoms with E-state index in [1.54, 1.807) is 6.26 Å². The van der Waals surface area contributed by atoms with E-state index in [1.807, 2.05) is 12.1 Å². The highest BCUT2D eigenvalue weighted by atomic mass is 16.5. The van der Waals surface area contributed by atoms with Crippen molar-refractivity contribution in [1.29, 1.82) is 0 Å². The molecule has 144 valence electrons. The number of nitrogens with one attached hydrogen (secondary N) is 1. The highest BCUT2D eigenvalue weighted by Crippen LogP contribution is 2.23. The van der Waals surface area contributed by atoms with Gasteiger partial charge >= 0.3 is 0 Å². The molecule has 0 unspecified atom stereocenters. The van der Waals surface area contributed by atoms with Gasteiger partial charge in [0.05, 0.1) is 25.3 Å². The van der Waals surface area contributed by atoms with Gasteiger partial charge in [-0.2, -0.15) is 0 Å². The quantitative estimate of drug-likeness (QED) is 0.847. The van der Waals surface area contributed by atoms with Gasteiger partial charge in [-0.15, -0.1) is 0 Å². The Morgan fingerprint density at radius 3 is 2.78 bits per heavy atom. The van der Waals surface area contributed by atoms with Crippen LogP contribution < -0.4 is 10.2 Å². The average molecular weight is 369 g/mol. The third kappa shape index (κ3) is 4.70. The van der Waals surface area contributed by atoms with Crippen LogP contribution in [-0.4, -0.2) is 56.7 Å². The highest BCUT2D eigenvalue weighted by Gasteiger charge is 2.23. The fourth-order valence-electron chi connectivity index (χ4n) is 3.77. The Morgan fingerprint density at radius 1 is 1.15 bits per heavy atom. The van der Waals surface area contributed by atoms with Crippen molar-refractivity contribution in [2.45, 2.75) is 13.0 Å². The Morgan fingerprint density at radius 2 is 1.96 bits per heavy atom. The summed E-state index contributed by atoms with van der Waals surface area (Å²) in [6, 6.07) is 12.3. The van der Waals surface area contributed by atoms with Gasteiger partial charge in [0.2, 0.25) is 0 Å². The number of para-hydroxylation sites is 1. The molecule has 6 heteroatoms. The molecule has 2 fully saturated rings. The van der Waals surface area contributed by atoms with Crippen LogP contribution in [0.3, 0.4) is 0 Å². The summed E-state index contributed by atoms with van der Waals surface area (Å²) in [5.41, 5.74) is 1.87. The molecule has 0 radical (unpaired) electrons. The normalized spacial score (nSPS) is 20.7. The molecule has 6 nitrogen and oxygen atoms in total. The molecule has 2 aliphatic heterocycles. The van der Waals surface area contributed by atoms with Gasteiger partial charge < -0.3 is 19.4 Å². The van der Waals surface area contributed by atoms with E-state index in [1.165, 1.54) is 5.69 Å². The molecular formula is C21H27N3O3. The van der Waals surface area contributed by atoms with E-state index < -0.39 is 0 Å². The van der Waals surface area contributed by atoms with Crippen LogP contribution in [0.15, 0.2) is 47.1 Å². The number of hydrogen-bond acceptors (Lipinski definition) is 5. The highest BCUT2D eigenvalue weighted by molar-refractivity contribution is 5.93. The molecule has 0 bridgehead atoms. The monoisotopic (exact) mass is 369 g/mol. The molecule has 27 heavy (non-hydrogen) atoms. The van der Waals surface area contributed by atoms with Crippen molar-refractivity contribution in [3.63, 3.8) is 0 Å². The van der Waals surface area contributed by atoms with Gasteiger partial charge in [-0.25, -0.2) is 0 Å². The fourth-order valence-corrected chi connectivity index (χ4v) is 3.77. The van der Waals surface area contributed by atoms with Gasteiger partial charge in [0, 0.05) is 38.4 Å². The predicted octanol–water partition coefficient (Wildman–Crippen LogP) is 2.37. The first-order valence-electron chi connectivity index (χ1n) is 9.73. The third-order valence-electron chi connectivity index (χ3n) is 5.36. The van der Waals surface area contributed by atoms with Crippen LogP contribution in [0, 0.1) is 5.92 Å². The number of furan rings is 1. The van der Waals surface area contributed by atoms with Gasteiger partial charge in [0.15, 0.2) is 0 Å².